The molecule has 1 heterocycles. The fourth-order valence-electron chi connectivity index (χ4n) is 3.16. The SMILES string of the molecule is CONC(=O)/C=C/c1ccc(CNCCc2c(C)[nH]c3ccccc23)cc1. The maximum atomic E-state index is 11.3. The second-order valence-electron chi connectivity index (χ2n) is 6.45. The number of nitrogens with one attached hydrogen (secondary N) is 3. The Morgan fingerprint density at radius 2 is 1.93 bits per heavy atom. The zero-order chi connectivity index (χ0) is 19.1. The van der Waals surface area contributed by atoms with Crippen LogP contribution in [0.25, 0.3) is 17.0 Å². The molecule has 1 aromatic heterocycles. The molecule has 3 N–H and O–H groups in total. The molecule has 0 saturated carbocycles. The summed E-state index contributed by atoms with van der Waals surface area (Å²) in [4.78, 5) is 19.3. The van der Waals surface area contributed by atoms with Crippen molar-refractivity contribution in [3.05, 3.63) is 77.0 Å². The van der Waals surface area contributed by atoms with E-state index in [0.29, 0.717) is 0 Å². The molecule has 0 unspecified atom stereocenters. The van der Waals surface area contributed by atoms with Crippen LogP contribution in [0.4, 0.5) is 0 Å². The third-order valence-electron chi connectivity index (χ3n) is 4.52. The summed E-state index contributed by atoms with van der Waals surface area (Å²) in [5, 5.41) is 4.82. The fraction of sp³-hybridized carbons (Fsp3) is 0.227. The van der Waals surface area contributed by atoms with Gasteiger partial charge < -0.3 is 10.3 Å². The van der Waals surface area contributed by atoms with Gasteiger partial charge in [-0.15, -0.1) is 0 Å². The van der Waals surface area contributed by atoms with Gasteiger partial charge in [-0.2, -0.15) is 0 Å². The molecule has 0 bridgehead atoms. The van der Waals surface area contributed by atoms with E-state index in [4.69, 9.17) is 0 Å². The Bertz CT molecular complexity index is 926. The summed E-state index contributed by atoms with van der Waals surface area (Å²) in [5.41, 5.74) is 8.26. The molecular weight excluding hydrogens is 338 g/mol. The number of hydrogen-bond donors (Lipinski definition) is 3. The van der Waals surface area contributed by atoms with Gasteiger partial charge in [0, 0.05) is 29.2 Å². The number of fused-ring (bicyclic) bond motifs is 1. The van der Waals surface area contributed by atoms with Gasteiger partial charge in [0.2, 0.25) is 0 Å². The summed E-state index contributed by atoms with van der Waals surface area (Å²) in [5.74, 6) is -0.282. The lowest BCUT2D eigenvalue weighted by Crippen LogP contribution is -2.18. The maximum absolute atomic E-state index is 11.3. The van der Waals surface area contributed by atoms with Crippen LogP contribution in [-0.2, 0) is 22.6 Å². The first kappa shape index (κ1) is 18.9. The lowest BCUT2D eigenvalue weighted by Gasteiger charge is -2.06. The molecule has 5 nitrogen and oxygen atoms in total. The van der Waals surface area contributed by atoms with Crippen LogP contribution in [-0.4, -0.2) is 24.5 Å². The molecule has 0 atom stereocenters. The van der Waals surface area contributed by atoms with Crippen LogP contribution in [0.3, 0.4) is 0 Å². The zero-order valence-electron chi connectivity index (χ0n) is 15.7. The van der Waals surface area contributed by atoms with Gasteiger partial charge in [-0.3, -0.25) is 9.63 Å². The predicted octanol–water partition coefficient (Wildman–Crippen LogP) is 3.50. The first-order valence-electron chi connectivity index (χ1n) is 9.04. The van der Waals surface area contributed by atoms with Crippen LogP contribution in [0.1, 0.15) is 22.4 Å². The van der Waals surface area contributed by atoms with Crippen molar-refractivity contribution < 1.29 is 9.63 Å². The smallest absolute Gasteiger partial charge is 0.267 e. The average Bonchev–Trinajstić information content (AvgIpc) is 3.00. The van der Waals surface area contributed by atoms with E-state index in [0.717, 1.165) is 25.1 Å². The van der Waals surface area contributed by atoms with E-state index >= 15 is 0 Å². The number of H-pyrrole nitrogens is 1. The Morgan fingerprint density at radius 1 is 1.15 bits per heavy atom. The van der Waals surface area contributed by atoms with E-state index in [1.54, 1.807) is 6.08 Å². The van der Waals surface area contributed by atoms with Gasteiger partial charge in [0.15, 0.2) is 0 Å². The standard InChI is InChI=1S/C22H25N3O2/c1-16-19(20-5-3-4-6-21(20)24-16)13-14-23-15-18-9-7-17(8-10-18)11-12-22(26)25-27-2/h3-12,23-24H,13-15H2,1-2H3,(H,25,26)/b12-11+. The van der Waals surface area contributed by atoms with Crippen LogP contribution >= 0.6 is 0 Å². The number of carbonyl (C=O) groups is 1. The highest BCUT2D eigenvalue weighted by molar-refractivity contribution is 5.90. The Kier molecular flexibility index (Phi) is 6.41. The van der Waals surface area contributed by atoms with Gasteiger partial charge in [0.05, 0.1) is 7.11 Å². The minimum absolute atomic E-state index is 0.282. The minimum atomic E-state index is -0.282. The molecule has 0 spiro atoms. The van der Waals surface area contributed by atoms with E-state index in [9.17, 15) is 4.79 Å². The van der Waals surface area contributed by atoms with E-state index in [1.807, 2.05) is 12.1 Å². The van der Waals surface area contributed by atoms with Gasteiger partial charge >= 0.3 is 0 Å². The number of aromatic amines is 1. The van der Waals surface area contributed by atoms with Gasteiger partial charge in [-0.05, 0) is 48.7 Å². The van der Waals surface area contributed by atoms with Crippen molar-refractivity contribution >= 4 is 22.9 Å². The van der Waals surface area contributed by atoms with Crippen LogP contribution in [0.2, 0.25) is 0 Å². The van der Waals surface area contributed by atoms with Crippen LogP contribution in [0.5, 0.6) is 0 Å². The summed E-state index contributed by atoms with van der Waals surface area (Å²) in [7, 11) is 1.41. The molecule has 140 valence electrons. The van der Waals surface area contributed by atoms with Crippen molar-refractivity contribution in [1.82, 2.24) is 15.8 Å². The Hall–Kier alpha value is -2.89. The molecule has 5 heteroatoms. The van der Waals surface area contributed by atoms with Crippen LogP contribution < -0.4 is 10.8 Å². The number of benzene rings is 2. The third-order valence-corrected chi connectivity index (χ3v) is 4.52. The monoisotopic (exact) mass is 363 g/mol. The molecule has 3 aromatic rings. The predicted molar refractivity (Wildman–Crippen MR) is 109 cm³/mol. The zero-order valence-corrected chi connectivity index (χ0v) is 15.7. The normalized spacial score (nSPS) is 11.3. The molecule has 0 aliphatic heterocycles. The maximum Gasteiger partial charge on any atom is 0.267 e. The largest absolute Gasteiger partial charge is 0.358 e. The number of amides is 1. The molecule has 0 radical (unpaired) electrons. The Balaban J connectivity index is 1.49. The number of aryl methyl sites for hydroxylation is 1. The molecular formula is C22H25N3O2. The number of carbonyl (C=O) groups excluding carboxylic acids is 1. The number of para-hydroxylation sites is 1. The molecule has 2 aromatic carbocycles. The van der Waals surface area contributed by atoms with Crippen LogP contribution in [0, 0.1) is 6.92 Å². The molecule has 27 heavy (non-hydrogen) atoms. The number of aromatic nitrogens is 1. The van der Waals surface area contributed by atoms with Crippen molar-refractivity contribution in [3.8, 4) is 0 Å². The quantitative estimate of drug-likeness (QED) is 0.326. The highest BCUT2D eigenvalue weighted by Gasteiger charge is 2.07. The number of hydroxylamine groups is 1. The molecule has 0 aliphatic rings. The van der Waals surface area contributed by atoms with Crippen molar-refractivity contribution in [2.24, 2.45) is 0 Å². The summed E-state index contributed by atoms with van der Waals surface area (Å²) in [6, 6.07) is 16.6. The first-order chi connectivity index (χ1) is 13.2. The van der Waals surface area contributed by atoms with Gasteiger partial charge in [-0.1, -0.05) is 42.5 Å². The van der Waals surface area contributed by atoms with Crippen molar-refractivity contribution in [1.29, 1.82) is 0 Å². The third kappa shape index (κ3) is 5.06. The fourth-order valence-corrected chi connectivity index (χ4v) is 3.16. The molecule has 1 amide bonds. The highest BCUT2D eigenvalue weighted by atomic mass is 16.6. The number of rotatable bonds is 8. The molecule has 0 saturated heterocycles. The molecule has 0 fully saturated rings. The summed E-state index contributed by atoms with van der Waals surface area (Å²) in [6.07, 6.45) is 4.19. The van der Waals surface area contributed by atoms with Gasteiger partial charge in [-0.25, -0.2) is 5.48 Å². The average molecular weight is 363 g/mol. The lowest BCUT2D eigenvalue weighted by atomic mass is 10.1. The van der Waals surface area contributed by atoms with Crippen molar-refractivity contribution in [2.45, 2.75) is 19.9 Å². The van der Waals surface area contributed by atoms with E-state index in [1.165, 1.54) is 40.9 Å². The van der Waals surface area contributed by atoms with Gasteiger partial charge in [0.1, 0.15) is 0 Å². The van der Waals surface area contributed by atoms with E-state index in [2.05, 4.69) is 63.9 Å². The molecule has 0 aliphatic carbocycles. The van der Waals surface area contributed by atoms with Crippen molar-refractivity contribution in [3.63, 3.8) is 0 Å². The minimum Gasteiger partial charge on any atom is -0.358 e. The first-order valence-corrected chi connectivity index (χ1v) is 9.04. The summed E-state index contributed by atoms with van der Waals surface area (Å²) < 4.78 is 0. The Labute approximate surface area is 159 Å². The Morgan fingerprint density at radius 3 is 2.70 bits per heavy atom. The summed E-state index contributed by atoms with van der Waals surface area (Å²) >= 11 is 0. The van der Waals surface area contributed by atoms with Gasteiger partial charge in [0.25, 0.3) is 5.91 Å². The second kappa shape index (κ2) is 9.16. The van der Waals surface area contributed by atoms with E-state index < -0.39 is 0 Å². The highest BCUT2D eigenvalue weighted by Crippen LogP contribution is 2.21. The lowest BCUT2D eigenvalue weighted by molar-refractivity contribution is -0.126. The topological polar surface area (TPSA) is 66.2 Å². The van der Waals surface area contributed by atoms with E-state index in [-0.39, 0.29) is 5.91 Å². The van der Waals surface area contributed by atoms with Crippen LogP contribution in [0.15, 0.2) is 54.6 Å². The summed E-state index contributed by atoms with van der Waals surface area (Å²) in [6.45, 7) is 3.87. The number of hydrogen-bond acceptors (Lipinski definition) is 3. The second-order valence-corrected chi connectivity index (χ2v) is 6.45. The van der Waals surface area contributed by atoms with Crippen molar-refractivity contribution in [2.75, 3.05) is 13.7 Å². The molecule has 3 rings (SSSR count).